The van der Waals surface area contributed by atoms with Crippen molar-refractivity contribution in [1.29, 1.82) is 0 Å². The van der Waals surface area contributed by atoms with Crippen molar-refractivity contribution in [3.8, 4) is 0 Å². The summed E-state index contributed by atoms with van der Waals surface area (Å²) in [6.45, 7) is 2.21. The summed E-state index contributed by atoms with van der Waals surface area (Å²) in [7, 11) is 0. The van der Waals surface area contributed by atoms with Gasteiger partial charge in [0, 0.05) is 9.60 Å². The van der Waals surface area contributed by atoms with Crippen LogP contribution in [0.15, 0.2) is 22.4 Å². The van der Waals surface area contributed by atoms with Crippen molar-refractivity contribution >= 4 is 33.2 Å². The van der Waals surface area contributed by atoms with Gasteiger partial charge in [-0.3, -0.25) is 0 Å². The lowest BCUT2D eigenvalue weighted by molar-refractivity contribution is 0.282. The van der Waals surface area contributed by atoms with Crippen molar-refractivity contribution < 1.29 is 5.11 Å². The molecular weight excluding hydrogens is 212 g/mol. The second-order valence-corrected chi connectivity index (χ2v) is 4.97. The van der Waals surface area contributed by atoms with Crippen molar-refractivity contribution in [1.82, 2.24) is 0 Å². The molecule has 0 atom stereocenters. The highest BCUT2D eigenvalue weighted by atomic mass is 32.2. The van der Waals surface area contributed by atoms with Crippen molar-refractivity contribution in [2.45, 2.75) is 18.4 Å². The molecule has 0 amide bonds. The summed E-state index contributed by atoms with van der Waals surface area (Å²) in [5, 5.41) is 12.6. The van der Waals surface area contributed by atoms with Crippen LogP contribution in [0.2, 0.25) is 0 Å². The fourth-order valence-electron chi connectivity index (χ4n) is 1.68. The molecule has 1 aromatic heterocycles. The van der Waals surface area contributed by atoms with E-state index in [0.717, 1.165) is 5.56 Å². The summed E-state index contributed by atoms with van der Waals surface area (Å²) >= 11 is 3.47. The van der Waals surface area contributed by atoms with Gasteiger partial charge in [0.25, 0.3) is 0 Å². The number of thioether (sulfide) groups is 1. The number of thiophene rings is 1. The van der Waals surface area contributed by atoms with Crippen LogP contribution in [0.4, 0.5) is 0 Å². The van der Waals surface area contributed by atoms with Gasteiger partial charge in [-0.05, 0) is 47.2 Å². The Bertz CT molecular complexity index is 460. The zero-order valence-electron chi connectivity index (χ0n) is 8.20. The van der Waals surface area contributed by atoms with Crippen LogP contribution < -0.4 is 0 Å². The minimum Gasteiger partial charge on any atom is -0.392 e. The van der Waals surface area contributed by atoms with E-state index >= 15 is 0 Å². The van der Waals surface area contributed by atoms with Crippen molar-refractivity contribution in [3.05, 3.63) is 28.6 Å². The number of aliphatic hydroxyl groups is 1. The van der Waals surface area contributed by atoms with E-state index in [-0.39, 0.29) is 6.61 Å². The van der Waals surface area contributed by atoms with Gasteiger partial charge in [0.1, 0.15) is 0 Å². The summed E-state index contributed by atoms with van der Waals surface area (Å²) < 4.78 is 1.27. The molecule has 0 saturated heterocycles. The molecule has 0 aliphatic heterocycles. The molecule has 0 bridgehead atoms. The van der Waals surface area contributed by atoms with Crippen LogP contribution in [0, 0.1) is 6.92 Å². The van der Waals surface area contributed by atoms with Crippen molar-refractivity contribution in [2.75, 3.05) is 6.26 Å². The van der Waals surface area contributed by atoms with Gasteiger partial charge in [-0.15, -0.1) is 23.1 Å². The topological polar surface area (TPSA) is 20.2 Å². The van der Waals surface area contributed by atoms with E-state index in [0.29, 0.717) is 0 Å². The second kappa shape index (κ2) is 3.93. The van der Waals surface area contributed by atoms with E-state index in [2.05, 4.69) is 30.7 Å². The fourth-order valence-corrected chi connectivity index (χ4v) is 3.27. The molecule has 0 unspecified atom stereocenters. The molecule has 0 radical (unpaired) electrons. The zero-order chi connectivity index (χ0) is 10.1. The number of fused-ring (bicyclic) bond motifs is 1. The molecule has 3 heteroatoms. The minimum absolute atomic E-state index is 0.132. The van der Waals surface area contributed by atoms with Crippen LogP contribution in [0.5, 0.6) is 0 Å². The number of rotatable bonds is 2. The minimum atomic E-state index is 0.132. The maximum absolute atomic E-state index is 9.35. The predicted molar refractivity (Wildman–Crippen MR) is 64.3 cm³/mol. The molecule has 74 valence electrons. The largest absolute Gasteiger partial charge is 0.392 e. The van der Waals surface area contributed by atoms with Gasteiger partial charge in [0.15, 0.2) is 0 Å². The Labute approximate surface area is 91.8 Å². The van der Waals surface area contributed by atoms with Crippen LogP contribution in [0.3, 0.4) is 0 Å². The summed E-state index contributed by atoms with van der Waals surface area (Å²) in [5.41, 5.74) is 2.29. The normalized spacial score (nSPS) is 11.1. The Morgan fingerprint density at radius 3 is 2.93 bits per heavy atom. The molecule has 0 aliphatic carbocycles. The lowest BCUT2D eigenvalue weighted by Crippen LogP contribution is -1.91. The highest BCUT2D eigenvalue weighted by molar-refractivity contribution is 7.98. The molecule has 0 fully saturated rings. The number of hydrogen-bond acceptors (Lipinski definition) is 3. The quantitative estimate of drug-likeness (QED) is 0.789. The molecule has 1 aromatic carbocycles. The summed E-state index contributed by atoms with van der Waals surface area (Å²) in [6, 6.07) is 4.29. The van der Waals surface area contributed by atoms with E-state index in [9.17, 15) is 5.11 Å². The Morgan fingerprint density at radius 1 is 1.50 bits per heavy atom. The Balaban J connectivity index is 2.80. The second-order valence-electron chi connectivity index (χ2n) is 3.17. The Hall–Kier alpha value is -0.510. The van der Waals surface area contributed by atoms with Crippen molar-refractivity contribution in [3.63, 3.8) is 0 Å². The van der Waals surface area contributed by atoms with Gasteiger partial charge >= 0.3 is 0 Å². The average Bonchev–Trinajstić information content (AvgIpc) is 2.64. The smallest absolute Gasteiger partial charge is 0.0691 e. The molecule has 2 aromatic rings. The summed E-state index contributed by atoms with van der Waals surface area (Å²) in [6.07, 6.45) is 2.07. The van der Waals surface area contributed by atoms with Gasteiger partial charge in [-0.1, -0.05) is 0 Å². The van der Waals surface area contributed by atoms with E-state index in [4.69, 9.17) is 0 Å². The zero-order valence-corrected chi connectivity index (χ0v) is 9.84. The number of aliphatic hydroxyl groups excluding tert-OH is 1. The molecular formula is C11H12OS2. The van der Waals surface area contributed by atoms with Gasteiger partial charge in [-0.25, -0.2) is 0 Å². The number of hydrogen-bond donors (Lipinski definition) is 1. The standard InChI is InChI=1S/C11H12OS2/c1-7-9(6-12)8-3-4-14-11(8)5-10(7)13-2/h3-5,12H,6H2,1-2H3. The molecule has 1 N–H and O–H groups in total. The van der Waals surface area contributed by atoms with E-state index in [1.54, 1.807) is 23.1 Å². The molecule has 1 nitrogen and oxygen atoms in total. The molecule has 2 rings (SSSR count). The highest BCUT2D eigenvalue weighted by Crippen LogP contribution is 2.33. The molecule has 1 heterocycles. The fraction of sp³-hybridized carbons (Fsp3) is 0.273. The van der Waals surface area contributed by atoms with Gasteiger partial charge in [0.2, 0.25) is 0 Å². The Morgan fingerprint density at radius 2 is 2.29 bits per heavy atom. The highest BCUT2D eigenvalue weighted by Gasteiger charge is 2.09. The lowest BCUT2D eigenvalue weighted by atomic mass is 10.1. The third kappa shape index (κ3) is 1.45. The number of benzene rings is 1. The summed E-state index contributed by atoms with van der Waals surface area (Å²) in [5.74, 6) is 0. The van der Waals surface area contributed by atoms with Gasteiger partial charge in [0.05, 0.1) is 6.61 Å². The van der Waals surface area contributed by atoms with Crippen LogP contribution >= 0.6 is 23.1 Å². The van der Waals surface area contributed by atoms with Gasteiger partial charge in [-0.2, -0.15) is 0 Å². The maximum Gasteiger partial charge on any atom is 0.0691 e. The molecule has 0 aliphatic rings. The average molecular weight is 224 g/mol. The van der Waals surface area contributed by atoms with E-state index in [1.807, 2.05) is 0 Å². The van der Waals surface area contributed by atoms with E-state index < -0.39 is 0 Å². The first-order valence-electron chi connectivity index (χ1n) is 4.42. The summed E-state index contributed by atoms with van der Waals surface area (Å²) in [4.78, 5) is 1.27. The van der Waals surface area contributed by atoms with E-state index in [1.165, 1.54) is 20.5 Å². The van der Waals surface area contributed by atoms with Gasteiger partial charge < -0.3 is 5.11 Å². The van der Waals surface area contributed by atoms with Crippen LogP contribution in [0.25, 0.3) is 10.1 Å². The lowest BCUT2D eigenvalue weighted by Gasteiger charge is -2.09. The third-order valence-electron chi connectivity index (χ3n) is 2.48. The predicted octanol–water partition coefficient (Wildman–Crippen LogP) is 3.42. The molecule has 0 spiro atoms. The van der Waals surface area contributed by atoms with Crippen LogP contribution in [0.1, 0.15) is 11.1 Å². The monoisotopic (exact) mass is 224 g/mol. The SMILES string of the molecule is CSc1cc2sccc2c(CO)c1C. The van der Waals surface area contributed by atoms with Crippen LogP contribution in [-0.4, -0.2) is 11.4 Å². The maximum atomic E-state index is 9.35. The third-order valence-corrected chi connectivity index (χ3v) is 4.21. The molecule has 14 heavy (non-hydrogen) atoms. The van der Waals surface area contributed by atoms with Crippen LogP contribution in [-0.2, 0) is 6.61 Å². The first-order valence-corrected chi connectivity index (χ1v) is 6.53. The first kappa shape index (κ1) is 10.0. The van der Waals surface area contributed by atoms with Crippen molar-refractivity contribution in [2.24, 2.45) is 0 Å². The molecule has 0 saturated carbocycles. The Kier molecular flexibility index (Phi) is 2.81. The first-order chi connectivity index (χ1) is 6.77.